The molecule has 0 aliphatic rings. The Kier molecular flexibility index (Phi) is 4.27. The molecule has 82 valence electrons. The average Bonchev–Trinajstić information content (AvgIpc) is 2.17. The zero-order valence-corrected chi connectivity index (χ0v) is 10.7. The van der Waals surface area contributed by atoms with Crippen molar-refractivity contribution < 1.29 is 4.79 Å². The van der Waals surface area contributed by atoms with Crippen molar-refractivity contribution in [1.29, 1.82) is 0 Å². The summed E-state index contributed by atoms with van der Waals surface area (Å²) >= 11 is 3.42. The largest absolute Gasteiger partial charge is 0.348 e. The van der Waals surface area contributed by atoms with Crippen molar-refractivity contribution in [3.63, 3.8) is 0 Å². The third-order valence-electron chi connectivity index (χ3n) is 2.18. The molecule has 0 fully saturated rings. The van der Waals surface area contributed by atoms with E-state index >= 15 is 0 Å². The molecule has 1 aromatic rings. The van der Waals surface area contributed by atoms with Crippen molar-refractivity contribution in [2.24, 2.45) is 0 Å². The van der Waals surface area contributed by atoms with Gasteiger partial charge in [0.25, 0.3) is 5.91 Å². The van der Waals surface area contributed by atoms with Gasteiger partial charge in [0, 0.05) is 23.3 Å². The van der Waals surface area contributed by atoms with Crippen LogP contribution < -0.4 is 5.32 Å². The van der Waals surface area contributed by atoms with Crippen molar-refractivity contribution in [3.8, 4) is 0 Å². The van der Waals surface area contributed by atoms with Crippen LogP contribution in [-0.4, -0.2) is 21.8 Å². The summed E-state index contributed by atoms with van der Waals surface area (Å²) in [5.41, 5.74) is 1.59. The van der Waals surface area contributed by atoms with Crippen LogP contribution in [0.1, 0.15) is 29.8 Å². The highest BCUT2D eigenvalue weighted by atomic mass is 79.9. The highest BCUT2D eigenvalue weighted by molar-refractivity contribution is 9.09. The summed E-state index contributed by atoms with van der Waals surface area (Å²) in [6.45, 7) is 5.88. The molecule has 0 aliphatic carbocycles. The predicted octanol–water partition coefficient (Wildman–Crippen LogP) is 2.29. The van der Waals surface area contributed by atoms with Gasteiger partial charge in [0.1, 0.15) is 0 Å². The number of rotatable bonds is 3. The van der Waals surface area contributed by atoms with E-state index in [0.717, 1.165) is 5.56 Å². The van der Waals surface area contributed by atoms with Crippen LogP contribution >= 0.6 is 15.9 Å². The quantitative estimate of drug-likeness (QED) is 0.857. The van der Waals surface area contributed by atoms with Crippen LogP contribution in [0.2, 0.25) is 0 Å². The Morgan fingerprint density at radius 3 is 2.67 bits per heavy atom. The molecule has 2 atom stereocenters. The Morgan fingerprint density at radius 2 is 2.13 bits per heavy atom. The highest BCUT2D eigenvalue weighted by Crippen LogP contribution is 2.06. The van der Waals surface area contributed by atoms with E-state index in [1.165, 1.54) is 0 Å². The molecular formula is C11H15BrN2O. The molecule has 3 nitrogen and oxygen atoms in total. The molecule has 0 spiro atoms. The molecule has 15 heavy (non-hydrogen) atoms. The fourth-order valence-electron chi connectivity index (χ4n) is 1.08. The molecule has 1 aromatic heterocycles. The number of nitrogens with zero attached hydrogens (tertiary/aromatic N) is 1. The van der Waals surface area contributed by atoms with Gasteiger partial charge in [-0.05, 0) is 25.5 Å². The first-order valence-electron chi connectivity index (χ1n) is 4.87. The van der Waals surface area contributed by atoms with Crippen molar-refractivity contribution in [1.82, 2.24) is 10.3 Å². The Labute approximate surface area is 98.4 Å². The average molecular weight is 271 g/mol. The van der Waals surface area contributed by atoms with Gasteiger partial charge in [-0.2, -0.15) is 0 Å². The van der Waals surface area contributed by atoms with Crippen LogP contribution in [0, 0.1) is 6.92 Å². The number of carbonyl (C=O) groups is 1. The Balaban J connectivity index is 2.69. The van der Waals surface area contributed by atoms with Crippen LogP contribution in [0.25, 0.3) is 0 Å². The molecule has 0 saturated carbocycles. The van der Waals surface area contributed by atoms with Crippen LogP contribution in [0.4, 0.5) is 0 Å². The van der Waals surface area contributed by atoms with E-state index in [2.05, 4.69) is 26.2 Å². The standard InChI is InChI=1S/C11H15BrN2O/c1-7-4-10(6-13-5-7)11(15)14-9(3)8(2)12/h4-6,8-9H,1-3H3,(H,14,15). The van der Waals surface area contributed by atoms with E-state index < -0.39 is 0 Å². The van der Waals surface area contributed by atoms with E-state index in [9.17, 15) is 4.79 Å². The van der Waals surface area contributed by atoms with Gasteiger partial charge in [-0.1, -0.05) is 22.9 Å². The molecule has 0 saturated heterocycles. The molecule has 0 radical (unpaired) electrons. The first kappa shape index (κ1) is 12.2. The van der Waals surface area contributed by atoms with Gasteiger partial charge in [-0.25, -0.2) is 0 Å². The second kappa shape index (κ2) is 5.26. The van der Waals surface area contributed by atoms with Crippen LogP contribution in [0.5, 0.6) is 0 Å². The number of halogens is 1. The maximum Gasteiger partial charge on any atom is 0.253 e. The van der Waals surface area contributed by atoms with E-state index in [1.54, 1.807) is 12.4 Å². The summed E-state index contributed by atoms with van der Waals surface area (Å²) in [6.07, 6.45) is 3.31. The van der Waals surface area contributed by atoms with Crippen LogP contribution in [0.3, 0.4) is 0 Å². The molecule has 0 aromatic carbocycles. The summed E-state index contributed by atoms with van der Waals surface area (Å²) in [4.78, 5) is 16.0. The van der Waals surface area contributed by atoms with Gasteiger partial charge >= 0.3 is 0 Å². The number of pyridine rings is 1. The summed E-state index contributed by atoms with van der Waals surface area (Å²) in [6, 6.07) is 1.92. The number of aromatic nitrogens is 1. The fraction of sp³-hybridized carbons (Fsp3) is 0.455. The fourth-order valence-corrected chi connectivity index (χ4v) is 1.22. The van der Waals surface area contributed by atoms with Gasteiger partial charge in [-0.3, -0.25) is 9.78 Å². The minimum Gasteiger partial charge on any atom is -0.348 e. The lowest BCUT2D eigenvalue weighted by molar-refractivity contribution is 0.0940. The number of nitrogens with one attached hydrogen (secondary N) is 1. The Bertz CT molecular complexity index is 352. The molecule has 1 rings (SSSR count). The lowest BCUT2D eigenvalue weighted by atomic mass is 10.2. The minimum atomic E-state index is -0.0787. The van der Waals surface area contributed by atoms with E-state index in [0.29, 0.717) is 5.56 Å². The number of aryl methyl sites for hydroxylation is 1. The second-order valence-electron chi connectivity index (χ2n) is 3.69. The molecule has 1 heterocycles. The minimum absolute atomic E-state index is 0.0787. The number of alkyl halides is 1. The van der Waals surface area contributed by atoms with E-state index in [4.69, 9.17) is 0 Å². The second-order valence-corrected chi connectivity index (χ2v) is 5.13. The van der Waals surface area contributed by atoms with Gasteiger partial charge in [0.15, 0.2) is 0 Å². The monoisotopic (exact) mass is 270 g/mol. The third-order valence-corrected chi connectivity index (χ3v) is 2.98. The van der Waals surface area contributed by atoms with E-state index in [1.807, 2.05) is 26.8 Å². The van der Waals surface area contributed by atoms with Crippen molar-refractivity contribution in [2.75, 3.05) is 0 Å². The number of hydrogen-bond acceptors (Lipinski definition) is 2. The van der Waals surface area contributed by atoms with Crippen LogP contribution in [-0.2, 0) is 0 Å². The molecule has 0 aliphatic heterocycles. The summed E-state index contributed by atoms with van der Waals surface area (Å²) < 4.78 is 0. The Morgan fingerprint density at radius 1 is 1.47 bits per heavy atom. The van der Waals surface area contributed by atoms with Gasteiger partial charge in [-0.15, -0.1) is 0 Å². The zero-order valence-electron chi connectivity index (χ0n) is 9.12. The molecular weight excluding hydrogens is 256 g/mol. The number of carbonyl (C=O) groups excluding carboxylic acids is 1. The first-order chi connectivity index (χ1) is 7.00. The van der Waals surface area contributed by atoms with Crippen molar-refractivity contribution >= 4 is 21.8 Å². The maximum atomic E-state index is 11.7. The van der Waals surface area contributed by atoms with Gasteiger partial charge in [0.05, 0.1) is 5.56 Å². The topological polar surface area (TPSA) is 42.0 Å². The Hall–Kier alpha value is -0.900. The highest BCUT2D eigenvalue weighted by Gasteiger charge is 2.13. The number of hydrogen-bond donors (Lipinski definition) is 1. The molecule has 0 bridgehead atoms. The van der Waals surface area contributed by atoms with Crippen molar-refractivity contribution in [3.05, 3.63) is 29.6 Å². The number of amides is 1. The van der Waals surface area contributed by atoms with Crippen LogP contribution in [0.15, 0.2) is 18.5 Å². The molecule has 2 unspecified atom stereocenters. The molecule has 4 heteroatoms. The molecule has 1 N–H and O–H groups in total. The van der Waals surface area contributed by atoms with Gasteiger partial charge < -0.3 is 5.32 Å². The lowest BCUT2D eigenvalue weighted by Gasteiger charge is -2.16. The van der Waals surface area contributed by atoms with Gasteiger partial charge in [0.2, 0.25) is 0 Å². The summed E-state index contributed by atoms with van der Waals surface area (Å²) in [5, 5.41) is 2.90. The first-order valence-corrected chi connectivity index (χ1v) is 5.79. The maximum absolute atomic E-state index is 11.7. The SMILES string of the molecule is Cc1cncc(C(=O)NC(C)C(C)Br)c1. The lowest BCUT2D eigenvalue weighted by Crippen LogP contribution is -2.37. The molecule has 1 amide bonds. The summed E-state index contributed by atoms with van der Waals surface area (Å²) in [5.74, 6) is -0.0787. The van der Waals surface area contributed by atoms with E-state index in [-0.39, 0.29) is 16.8 Å². The zero-order chi connectivity index (χ0) is 11.4. The normalized spacial score (nSPS) is 14.4. The smallest absolute Gasteiger partial charge is 0.253 e. The van der Waals surface area contributed by atoms with Crippen molar-refractivity contribution in [2.45, 2.75) is 31.6 Å². The predicted molar refractivity (Wildman–Crippen MR) is 64.3 cm³/mol. The third kappa shape index (κ3) is 3.63. The summed E-state index contributed by atoms with van der Waals surface area (Å²) in [7, 11) is 0.